The molecule has 4 saturated carbocycles. The van der Waals surface area contributed by atoms with Gasteiger partial charge in [-0.05, 0) is 112 Å². The van der Waals surface area contributed by atoms with Gasteiger partial charge < -0.3 is 4.74 Å². The zero-order chi connectivity index (χ0) is 26.3. The molecule has 0 saturated heterocycles. The number of ether oxygens (including phenoxy) is 1. The van der Waals surface area contributed by atoms with Crippen LogP contribution < -0.4 is 0 Å². The van der Waals surface area contributed by atoms with Gasteiger partial charge in [0.05, 0.1) is 5.41 Å². The van der Waals surface area contributed by atoms with Crippen molar-refractivity contribution in [3.8, 4) is 0 Å². The van der Waals surface area contributed by atoms with Crippen molar-refractivity contribution in [2.75, 3.05) is 12.4 Å². The van der Waals surface area contributed by atoms with E-state index in [4.69, 9.17) is 9.29 Å². The number of rotatable bonds is 8. The normalized spacial score (nSPS) is 28.2. The SMILES string of the molecule is O=C(OCCS(=O)(=O)O)C12CC3CC(C1)C(c1ccc([SH](c4ccccc4)c4ccccc4)cc1)C(C3)C2. The van der Waals surface area contributed by atoms with Gasteiger partial charge in [-0.1, -0.05) is 48.5 Å². The number of hydrogen-bond acceptors (Lipinski definition) is 4. The molecule has 0 heterocycles. The molecule has 4 aliphatic carbocycles. The van der Waals surface area contributed by atoms with Crippen LogP contribution in [0.3, 0.4) is 0 Å². The number of hydrogen-bond donors (Lipinski definition) is 2. The molecule has 4 bridgehead atoms. The van der Waals surface area contributed by atoms with Crippen LogP contribution in [-0.2, 0) is 19.6 Å². The largest absolute Gasteiger partial charge is 0.464 e. The molecule has 38 heavy (non-hydrogen) atoms. The summed E-state index contributed by atoms with van der Waals surface area (Å²) in [5.74, 6) is 1.03. The monoisotopic (exact) mass is 550 g/mol. The Labute approximate surface area is 227 Å². The molecular formula is C31H34O5S2. The Balaban J connectivity index is 1.22. The van der Waals surface area contributed by atoms with E-state index >= 15 is 0 Å². The minimum Gasteiger partial charge on any atom is -0.464 e. The van der Waals surface area contributed by atoms with E-state index in [1.54, 1.807) is 0 Å². The van der Waals surface area contributed by atoms with Gasteiger partial charge in [-0.25, -0.2) is 0 Å². The summed E-state index contributed by atoms with van der Waals surface area (Å²) in [6.45, 7) is -0.282. The Morgan fingerprint density at radius 3 is 1.87 bits per heavy atom. The molecule has 3 aromatic carbocycles. The van der Waals surface area contributed by atoms with Gasteiger partial charge in [0, 0.05) is 0 Å². The smallest absolute Gasteiger partial charge is 0.312 e. The van der Waals surface area contributed by atoms with Gasteiger partial charge >= 0.3 is 5.97 Å². The van der Waals surface area contributed by atoms with Crippen molar-refractivity contribution < 1.29 is 22.5 Å². The van der Waals surface area contributed by atoms with Crippen molar-refractivity contribution in [3.63, 3.8) is 0 Å². The number of thiol groups is 1. The zero-order valence-electron chi connectivity index (χ0n) is 21.3. The molecule has 5 nitrogen and oxygen atoms in total. The van der Waals surface area contributed by atoms with E-state index in [9.17, 15) is 13.2 Å². The fourth-order valence-corrected chi connectivity index (χ4v) is 10.2. The first-order valence-corrected chi connectivity index (χ1v) is 16.4. The summed E-state index contributed by atoms with van der Waals surface area (Å²) in [5.41, 5.74) is 0.870. The maximum Gasteiger partial charge on any atom is 0.312 e. The molecule has 0 aliphatic heterocycles. The second-order valence-electron chi connectivity index (χ2n) is 11.3. The minimum atomic E-state index is -4.14. The second kappa shape index (κ2) is 10.2. The van der Waals surface area contributed by atoms with Crippen LogP contribution in [0.1, 0.15) is 43.6 Å². The van der Waals surface area contributed by atoms with Crippen molar-refractivity contribution in [2.45, 2.75) is 52.7 Å². The zero-order valence-corrected chi connectivity index (χ0v) is 23.0. The lowest BCUT2D eigenvalue weighted by Gasteiger charge is -2.59. The van der Waals surface area contributed by atoms with Crippen LogP contribution >= 0.6 is 10.9 Å². The third-order valence-electron chi connectivity index (χ3n) is 8.85. The molecule has 0 spiro atoms. The summed E-state index contributed by atoms with van der Waals surface area (Å²) in [5, 5.41) is 0. The molecule has 3 aromatic rings. The number of carbonyl (C=O) groups is 1. The fraction of sp³-hybridized carbons (Fsp3) is 0.387. The predicted octanol–water partition coefficient (Wildman–Crippen LogP) is 6.51. The summed E-state index contributed by atoms with van der Waals surface area (Å²) in [6, 6.07) is 30.7. The van der Waals surface area contributed by atoms with E-state index in [2.05, 4.69) is 84.9 Å². The van der Waals surface area contributed by atoms with E-state index < -0.39 is 32.2 Å². The lowest BCUT2D eigenvalue weighted by atomic mass is 9.45. The molecule has 0 aromatic heterocycles. The molecule has 4 aliphatic rings. The molecule has 0 radical (unpaired) electrons. The van der Waals surface area contributed by atoms with Crippen molar-refractivity contribution in [2.24, 2.45) is 23.2 Å². The highest BCUT2D eigenvalue weighted by Gasteiger charge is 2.59. The topological polar surface area (TPSA) is 80.7 Å². The number of benzene rings is 3. The Morgan fingerprint density at radius 1 is 0.816 bits per heavy atom. The number of carbonyl (C=O) groups excluding carboxylic acids is 1. The summed E-state index contributed by atoms with van der Waals surface area (Å²) < 4.78 is 36.5. The third kappa shape index (κ3) is 5.04. The first-order chi connectivity index (χ1) is 18.3. The standard InChI is InChI=1S/C31H34O5S2/c32-30(36-15-16-38(33,34)35)31-19-22-17-24(20-31)29(25(18-22)21-31)23-11-13-28(14-12-23)37(26-7-3-1-4-8-26)27-9-5-2-6-10-27/h1-14,22,24-25,29,37H,15-21H2,(H,33,34,35). The maximum atomic E-state index is 13.1. The van der Waals surface area contributed by atoms with Crippen molar-refractivity contribution in [3.05, 3.63) is 90.5 Å². The van der Waals surface area contributed by atoms with E-state index in [1.807, 2.05) is 0 Å². The second-order valence-corrected chi connectivity index (χ2v) is 15.1. The average molecular weight is 551 g/mol. The van der Waals surface area contributed by atoms with Gasteiger partial charge in [0.15, 0.2) is 0 Å². The molecule has 7 rings (SSSR count). The summed E-state index contributed by atoms with van der Waals surface area (Å²) in [7, 11) is -4.78. The first-order valence-electron chi connectivity index (χ1n) is 13.4. The molecule has 7 heteroatoms. The fourth-order valence-electron chi connectivity index (χ4n) is 7.66. The molecule has 200 valence electrons. The van der Waals surface area contributed by atoms with Gasteiger partial charge in [-0.3, -0.25) is 9.35 Å². The van der Waals surface area contributed by atoms with Crippen molar-refractivity contribution in [1.82, 2.24) is 0 Å². The van der Waals surface area contributed by atoms with Crippen molar-refractivity contribution >= 4 is 27.0 Å². The van der Waals surface area contributed by atoms with Gasteiger partial charge in [-0.2, -0.15) is 19.3 Å². The molecule has 2 unspecified atom stereocenters. The van der Waals surface area contributed by atoms with Gasteiger partial charge in [0.1, 0.15) is 12.4 Å². The average Bonchev–Trinajstić information content (AvgIpc) is 2.90. The quantitative estimate of drug-likeness (QED) is 0.190. The highest BCUT2D eigenvalue weighted by Crippen LogP contribution is 2.65. The van der Waals surface area contributed by atoms with Gasteiger partial charge in [0.2, 0.25) is 0 Å². The van der Waals surface area contributed by atoms with Crippen molar-refractivity contribution in [1.29, 1.82) is 0 Å². The Morgan fingerprint density at radius 2 is 1.34 bits per heavy atom. The van der Waals surface area contributed by atoms with Crippen LogP contribution in [0.5, 0.6) is 0 Å². The summed E-state index contributed by atoms with van der Waals surface area (Å²) in [4.78, 5) is 17.1. The highest BCUT2D eigenvalue weighted by molar-refractivity contribution is 8.17. The maximum absolute atomic E-state index is 13.1. The van der Waals surface area contributed by atoms with Crippen LogP contribution in [0.4, 0.5) is 0 Å². The lowest BCUT2D eigenvalue weighted by molar-refractivity contribution is -0.172. The molecular weight excluding hydrogens is 516 g/mol. The van der Waals surface area contributed by atoms with E-state index in [0.717, 1.165) is 32.1 Å². The molecule has 0 amide bonds. The van der Waals surface area contributed by atoms with Crippen LogP contribution in [-0.4, -0.2) is 31.3 Å². The van der Waals surface area contributed by atoms with Gasteiger partial charge in [0.25, 0.3) is 10.1 Å². The third-order valence-corrected chi connectivity index (χ3v) is 12.0. The number of esters is 1. The summed E-state index contributed by atoms with van der Waals surface area (Å²) >= 11 is 0. The van der Waals surface area contributed by atoms with Gasteiger partial charge in [-0.15, -0.1) is 0 Å². The predicted molar refractivity (Wildman–Crippen MR) is 149 cm³/mol. The highest BCUT2D eigenvalue weighted by atomic mass is 32.2. The van der Waals surface area contributed by atoms with Crippen LogP contribution in [0.2, 0.25) is 0 Å². The van der Waals surface area contributed by atoms with Crippen LogP contribution in [0.15, 0.2) is 99.6 Å². The molecule has 1 N–H and O–H groups in total. The van der Waals surface area contributed by atoms with E-state index in [-0.39, 0.29) is 12.6 Å². The first kappa shape index (κ1) is 25.7. The Bertz CT molecular complexity index is 1330. The molecule has 2 atom stereocenters. The van der Waals surface area contributed by atoms with E-state index in [1.165, 1.54) is 20.2 Å². The van der Waals surface area contributed by atoms with E-state index in [0.29, 0.717) is 23.7 Å². The van der Waals surface area contributed by atoms with Crippen LogP contribution in [0.25, 0.3) is 0 Å². The minimum absolute atomic E-state index is 0.272. The molecule has 4 fully saturated rings. The van der Waals surface area contributed by atoms with Crippen LogP contribution in [0, 0.1) is 23.2 Å². The Kier molecular flexibility index (Phi) is 6.87. The lowest BCUT2D eigenvalue weighted by Crippen LogP contribution is -2.53. The summed E-state index contributed by atoms with van der Waals surface area (Å²) in [6.07, 6.45) is 4.73. The Hall–Kier alpha value is -2.61.